The first-order chi connectivity index (χ1) is 11.9. The van der Waals surface area contributed by atoms with Gasteiger partial charge in [0.15, 0.2) is 0 Å². The van der Waals surface area contributed by atoms with Crippen molar-refractivity contribution >= 4 is 18.2 Å². The summed E-state index contributed by atoms with van der Waals surface area (Å²) in [5.74, 6) is 0. The van der Waals surface area contributed by atoms with Crippen LogP contribution in [0.4, 0.5) is 0 Å². The fourth-order valence-corrected chi connectivity index (χ4v) is 3.96. The molecule has 0 saturated heterocycles. The van der Waals surface area contributed by atoms with E-state index in [0.29, 0.717) is 0 Å². The number of benzene rings is 1. The Labute approximate surface area is 144 Å². The normalized spacial score (nSPS) is 23.9. The molecule has 1 aromatic rings. The number of hydrogen-bond donors (Lipinski definition) is 0. The summed E-state index contributed by atoms with van der Waals surface area (Å²) in [6, 6.07) is 8.51. The second-order valence-electron chi connectivity index (χ2n) is 7.60. The fourth-order valence-electron chi connectivity index (χ4n) is 3.96. The van der Waals surface area contributed by atoms with Crippen LogP contribution < -0.4 is 10.4 Å². The van der Waals surface area contributed by atoms with Crippen molar-refractivity contribution in [2.75, 3.05) is 14.0 Å². The van der Waals surface area contributed by atoms with Gasteiger partial charge in [-0.1, -0.05) is 45.0 Å². The molecule has 4 heteroatoms. The van der Waals surface area contributed by atoms with Crippen molar-refractivity contribution in [3.8, 4) is 0 Å². The molecule has 2 aliphatic heterocycles. The number of nitrogens with zero attached hydrogens (tertiary/aromatic N) is 3. The minimum atomic E-state index is -2.14. The van der Waals surface area contributed by atoms with Gasteiger partial charge in [-0.15, -0.1) is 0 Å². The van der Waals surface area contributed by atoms with Crippen molar-refractivity contribution in [1.29, 1.82) is 0 Å². The SMILES string of the molecule is [2H]C([2H])([2H])N1C=CN(B2C(C)=c3ccccc3=C(C(C)(C)C)N2C)[C@H]1C. The van der Waals surface area contributed by atoms with Gasteiger partial charge in [0.1, 0.15) is 0 Å². The molecule has 0 aromatic heterocycles. The summed E-state index contributed by atoms with van der Waals surface area (Å²) in [6.45, 7) is 8.63. The lowest BCUT2D eigenvalue weighted by Crippen LogP contribution is -2.60. The summed E-state index contributed by atoms with van der Waals surface area (Å²) >= 11 is 0. The van der Waals surface area contributed by atoms with E-state index < -0.39 is 6.98 Å². The molecule has 0 aliphatic carbocycles. The number of hydrogen-bond acceptors (Lipinski definition) is 3. The monoisotopic (exact) mass is 312 g/mol. The highest BCUT2D eigenvalue weighted by molar-refractivity contribution is 6.73. The van der Waals surface area contributed by atoms with E-state index in [0.717, 1.165) is 0 Å². The largest absolute Gasteiger partial charge is 0.408 e. The highest BCUT2D eigenvalue weighted by Crippen LogP contribution is 2.33. The predicted molar refractivity (Wildman–Crippen MR) is 99.4 cm³/mol. The van der Waals surface area contributed by atoms with Gasteiger partial charge in [0.25, 0.3) is 0 Å². The van der Waals surface area contributed by atoms with Gasteiger partial charge < -0.3 is 14.5 Å². The third-order valence-corrected chi connectivity index (χ3v) is 4.94. The lowest BCUT2D eigenvalue weighted by atomic mass is 9.59. The molecule has 0 spiro atoms. The van der Waals surface area contributed by atoms with Crippen LogP contribution in [0, 0.1) is 5.41 Å². The van der Waals surface area contributed by atoms with Crippen molar-refractivity contribution in [2.24, 2.45) is 5.41 Å². The first-order valence-corrected chi connectivity index (χ1v) is 8.22. The molecule has 122 valence electrons. The molecule has 2 heterocycles. The molecule has 0 saturated carbocycles. The molecule has 1 aromatic carbocycles. The smallest absolute Gasteiger partial charge is 0.397 e. The van der Waals surface area contributed by atoms with Crippen molar-refractivity contribution in [3.63, 3.8) is 0 Å². The lowest BCUT2D eigenvalue weighted by molar-refractivity contribution is 0.264. The van der Waals surface area contributed by atoms with Crippen molar-refractivity contribution in [1.82, 2.24) is 14.5 Å². The van der Waals surface area contributed by atoms with Crippen LogP contribution >= 0.6 is 0 Å². The quantitative estimate of drug-likeness (QED) is 0.735. The molecule has 0 fully saturated rings. The number of fused-ring (bicyclic) bond motifs is 1. The highest BCUT2D eigenvalue weighted by atomic mass is 15.4. The predicted octanol–water partition coefficient (Wildman–Crippen LogP) is 2.05. The second-order valence-corrected chi connectivity index (χ2v) is 7.60. The van der Waals surface area contributed by atoms with Gasteiger partial charge >= 0.3 is 6.98 Å². The minimum absolute atomic E-state index is 0.0160. The lowest BCUT2D eigenvalue weighted by Gasteiger charge is -2.44. The van der Waals surface area contributed by atoms with Gasteiger partial charge in [-0.3, -0.25) is 0 Å². The van der Waals surface area contributed by atoms with E-state index >= 15 is 0 Å². The van der Waals surface area contributed by atoms with E-state index in [2.05, 4.69) is 68.6 Å². The Hall–Kier alpha value is -1.84. The van der Waals surface area contributed by atoms with Crippen molar-refractivity contribution < 1.29 is 4.11 Å². The Morgan fingerprint density at radius 1 is 1.13 bits per heavy atom. The minimum Gasteiger partial charge on any atom is -0.397 e. The van der Waals surface area contributed by atoms with Crippen LogP contribution in [-0.2, 0) is 0 Å². The Morgan fingerprint density at radius 2 is 1.78 bits per heavy atom. The Bertz CT molecular complexity index is 854. The van der Waals surface area contributed by atoms with Crippen LogP contribution in [0.3, 0.4) is 0 Å². The summed E-state index contributed by atoms with van der Waals surface area (Å²) in [7, 11) is 2.11. The standard InChI is InChI=1S/C19H28BN3/c1-14-16-10-8-9-11-17(16)18(19(3,4)5)22(7)20(14)23-13-12-21(6)15(23)2/h8-13,15H,1-7H3/t15-/m0/s1/i6D3. The fraction of sp³-hybridized carbons (Fsp3) is 0.474. The Balaban J connectivity index is 2.16. The highest BCUT2D eigenvalue weighted by Gasteiger charge is 2.40. The average molecular weight is 312 g/mol. The summed E-state index contributed by atoms with van der Waals surface area (Å²) in [5.41, 5.74) is 2.48. The third-order valence-electron chi connectivity index (χ3n) is 4.94. The molecule has 1 atom stereocenters. The van der Waals surface area contributed by atoms with Gasteiger partial charge in [-0.25, -0.2) is 0 Å². The Kier molecular flexibility index (Phi) is 2.93. The maximum absolute atomic E-state index is 7.78. The van der Waals surface area contributed by atoms with E-state index in [-0.39, 0.29) is 18.6 Å². The van der Waals surface area contributed by atoms with Gasteiger partial charge in [0.05, 0.1) is 6.17 Å². The zero-order chi connectivity index (χ0) is 19.4. The first kappa shape index (κ1) is 12.6. The molecule has 2 aliphatic rings. The van der Waals surface area contributed by atoms with E-state index in [1.54, 1.807) is 6.20 Å². The average Bonchev–Trinajstić information content (AvgIpc) is 2.88. The van der Waals surface area contributed by atoms with Gasteiger partial charge in [-0.2, -0.15) is 0 Å². The number of rotatable bonds is 1. The first-order valence-electron chi connectivity index (χ1n) is 9.72. The van der Waals surface area contributed by atoms with E-state index in [1.807, 2.05) is 13.1 Å². The van der Waals surface area contributed by atoms with Gasteiger partial charge in [0.2, 0.25) is 0 Å². The summed E-state index contributed by atoms with van der Waals surface area (Å²) < 4.78 is 23.3. The summed E-state index contributed by atoms with van der Waals surface area (Å²) in [5, 5.41) is 2.51. The van der Waals surface area contributed by atoms with Gasteiger partial charge in [0, 0.05) is 34.6 Å². The maximum atomic E-state index is 7.78. The van der Waals surface area contributed by atoms with Crippen molar-refractivity contribution in [3.05, 3.63) is 47.1 Å². The molecule has 3 nitrogen and oxygen atoms in total. The molecule has 0 N–H and O–H groups in total. The van der Waals surface area contributed by atoms with Crippen LogP contribution in [0.25, 0.3) is 11.2 Å². The molecular formula is C19H28BN3. The molecular weight excluding hydrogens is 281 g/mol. The Morgan fingerprint density at radius 3 is 2.35 bits per heavy atom. The van der Waals surface area contributed by atoms with Gasteiger partial charge in [-0.05, 0) is 36.8 Å². The zero-order valence-electron chi connectivity index (χ0n) is 18.0. The van der Waals surface area contributed by atoms with E-state index in [1.165, 1.54) is 26.5 Å². The van der Waals surface area contributed by atoms with E-state index in [4.69, 9.17) is 4.11 Å². The summed E-state index contributed by atoms with van der Waals surface area (Å²) in [4.78, 5) is 5.90. The third kappa shape index (κ3) is 2.45. The molecule has 3 rings (SSSR count). The van der Waals surface area contributed by atoms with Crippen LogP contribution in [0.15, 0.2) is 36.7 Å². The van der Waals surface area contributed by atoms with Crippen LogP contribution in [-0.4, -0.2) is 41.7 Å². The molecule has 0 unspecified atom stereocenters. The molecule has 0 amide bonds. The zero-order valence-corrected chi connectivity index (χ0v) is 15.0. The van der Waals surface area contributed by atoms with Crippen LogP contribution in [0.1, 0.15) is 38.7 Å². The van der Waals surface area contributed by atoms with Crippen LogP contribution in [0.5, 0.6) is 0 Å². The van der Waals surface area contributed by atoms with Crippen LogP contribution in [0.2, 0.25) is 0 Å². The molecule has 0 radical (unpaired) electrons. The van der Waals surface area contributed by atoms with Crippen molar-refractivity contribution in [2.45, 2.75) is 40.8 Å². The molecule has 0 bridgehead atoms. The second kappa shape index (κ2) is 5.36. The summed E-state index contributed by atoms with van der Waals surface area (Å²) in [6.07, 6.45) is 3.36. The topological polar surface area (TPSA) is 9.72 Å². The maximum Gasteiger partial charge on any atom is 0.408 e. The molecule has 23 heavy (non-hydrogen) atoms. The van der Waals surface area contributed by atoms with E-state index in [9.17, 15) is 0 Å².